The fraction of sp³-hybridized carbons (Fsp3) is 0.0714. The molecule has 0 saturated heterocycles. The van der Waals surface area contributed by atoms with Gasteiger partial charge in [0.05, 0.1) is 5.56 Å². The summed E-state index contributed by atoms with van der Waals surface area (Å²) in [4.78, 5) is 36.7. The number of rotatable bonds is 3. The zero-order chi connectivity index (χ0) is 14.7. The van der Waals surface area contributed by atoms with Crippen molar-refractivity contribution in [1.29, 1.82) is 0 Å². The Morgan fingerprint density at radius 2 is 1.95 bits per heavy atom. The SMILES string of the molecule is CC(=O)c1cccc(NC(=O)c2c[nH]c(=O)c(Cl)c2)c1. The lowest BCUT2D eigenvalue weighted by Gasteiger charge is -2.06. The summed E-state index contributed by atoms with van der Waals surface area (Å²) in [5.41, 5.74) is 0.761. The Kier molecular flexibility index (Phi) is 4.00. The molecular weight excluding hydrogens is 280 g/mol. The molecule has 1 heterocycles. The first-order valence-corrected chi connectivity index (χ1v) is 6.16. The van der Waals surface area contributed by atoms with Crippen LogP contribution in [-0.2, 0) is 0 Å². The molecule has 1 aromatic heterocycles. The number of H-pyrrole nitrogens is 1. The Morgan fingerprint density at radius 1 is 1.20 bits per heavy atom. The molecule has 0 fully saturated rings. The molecule has 1 amide bonds. The van der Waals surface area contributed by atoms with E-state index in [1.807, 2.05) is 0 Å². The summed E-state index contributed by atoms with van der Waals surface area (Å²) >= 11 is 5.66. The number of hydrogen-bond acceptors (Lipinski definition) is 3. The topological polar surface area (TPSA) is 79.0 Å². The van der Waals surface area contributed by atoms with Gasteiger partial charge in [0.1, 0.15) is 5.02 Å². The van der Waals surface area contributed by atoms with Gasteiger partial charge >= 0.3 is 0 Å². The zero-order valence-electron chi connectivity index (χ0n) is 10.6. The van der Waals surface area contributed by atoms with E-state index in [-0.39, 0.29) is 16.4 Å². The van der Waals surface area contributed by atoms with Crippen LogP contribution in [0.1, 0.15) is 27.6 Å². The largest absolute Gasteiger partial charge is 0.327 e. The number of aromatic nitrogens is 1. The molecule has 6 heteroatoms. The summed E-state index contributed by atoms with van der Waals surface area (Å²) in [5.74, 6) is -0.517. The van der Waals surface area contributed by atoms with Gasteiger partial charge in [0, 0.05) is 17.4 Å². The maximum Gasteiger partial charge on any atom is 0.266 e. The van der Waals surface area contributed by atoms with Crippen molar-refractivity contribution >= 4 is 29.0 Å². The van der Waals surface area contributed by atoms with Gasteiger partial charge in [-0.15, -0.1) is 0 Å². The second-order valence-corrected chi connectivity index (χ2v) is 4.56. The van der Waals surface area contributed by atoms with Gasteiger partial charge in [0.15, 0.2) is 5.78 Å². The van der Waals surface area contributed by atoms with Crippen molar-refractivity contribution in [2.75, 3.05) is 5.32 Å². The first kappa shape index (κ1) is 14.0. The van der Waals surface area contributed by atoms with Crippen LogP contribution < -0.4 is 10.9 Å². The van der Waals surface area contributed by atoms with Crippen molar-refractivity contribution in [3.05, 3.63) is 63.0 Å². The number of pyridine rings is 1. The van der Waals surface area contributed by atoms with Crippen molar-refractivity contribution in [1.82, 2.24) is 4.98 Å². The Morgan fingerprint density at radius 3 is 2.60 bits per heavy atom. The van der Waals surface area contributed by atoms with E-state index < -0.39 is 11.5 Å². The predicted molar refractivity (Wildman–Crippen MR) is 76.5 cm³/mol. The fourth-order valence-corrected chi connectivity index (χ4v) is 1.78. The summed E-state index contributed by atoms with van der Waals surface area (Å²) in [5, 5.41) is 2.57. The lowest BCUT2D eigenvalue weighted by Crippen LogP contribution is -2.15. The normalized spacial score (nSPS) is 10.1. The third-order valence-electron chi connectivity index (χ3n) is 2.65. The van der Waals surface area contributed by atoms with Gasteiger partial charge in [-0.1, -0.05) is 23.7 Å². The van der Waals surface area contributed by atoms with Crippen molar-refractivity contribution in [2.45, 2.75) is 6.92 Å². The number of nitrogens with one attached hydrogen (secondary N) is 2. The molecule has 102 valence electrons. The number of ketones is 1. The standard InChI is InChI=1S/C14H11ClN2O3/c1-8(18)9-3-2-4-11(5-9)17-13(19)10-6-12(15)14(20)16-7-10/h2-7H,1H3,(H,16,20)(H,17,19). The van der Waals surface area contributed by atoms with E-state index in [0.29, 0.717) is 11.3 Å². The number of hydrogen-bond donors (Lipinski definition) is 2. The van der Waals surface area contributed by atoms with Gasteiger partial charge in [0.25, 0.3) is 11.5 Å². The average Bonchev–Trinajstić information content (AvgIpc) is 2.42. The lowest BCUT2D eigenvalue weighted by molar-refractivity contribution is 0.101. The van der Waals surface area contributed by atoms with Gasteiger partial charge < -0.3 is 10.3 Å². The fourth-order valence-electron chi connectivity index (χ4n) is 1.61. The van der Waals surface area contributed by atoms with Crippen molar-refractivity contribution in [3.8, 4) is 0 Å². The van der Waals surface area contributed by atoms with E-state index in [1.54, 1.807) is 24.3 Å². The van der Waals surface area contributed by atoms with E-state index in [9.17, 15) is 14.4 Å². The number of anilines is 1. The zero-order valence-corrected chi connectivity index (χ0v) is 11.3. The number of aromatic amines is 1. The molecule has 0 radical (unpaired) electrons. The third kappa shape index (κ3) is 3.13. The molecule has 0 aliphatic heterocycles. The molecule has 0 atom stereocenters. The van der Waals surface area contributed by atoms with Crippen LogP contribution in [0.3, 0.4) is 0 Å². The van der Waals surface area contributed by atoms with Crippen LogP contribution in [0.4, 0.5) is 5.69 Å². The van der Waals surface area contributed by atoms with Crippen LogP contribution in [0.15, 0.2) is 41.3 Å². The van der Waals surface area contributed by atoms with Crippen LogP contribution in [0.25, 0.3) is 0 Å². The molecule has 2 N–H and O–H groups in total. The smallest absolute Gasteiger partial charge is 0.266 e. The van der Waals surface area contributed by atoms with Gasteiger partial charge in [-0.2, -0.15) is 0 Å². The van der Waals surface area contributed by atoms with Gasteiger partial charge in [0.2, 0.25) is 0 Å². The number of halogens is 1. The van der Waals surface area contributed by atoms with Crippen molar-refractivity contribution in [2.24, 2.45) is 0 Å². The number of Topliss-reactive ketones (excluding diaryl/α,β-unsaturated/α-hetero) is 1. The molecule has 2 aromatic rings. The summed E-state index contributed by atoms with van der Waals surface area (Å²) in [6.45, 7) is 1.45. The highest BCUT2D eigenvalue weighted by molar-refractivity contribution is 6.30. The number of amides is 1. The molecule has 0 bridgehead atoms. The Labute approximate surface area is 119 Å². The minimum absolute atomic E-state index is 0.0601. The summed E-state index contributed by atoms with van der Waals surface area (Å²) < 4.78 is 0. The number of carbonyl (C=O) groups excluding carboxylic acids is 2. The van der Waals surface area contributed by atoms with E-state index in [1.165, 1.54) is 19.2 Å². The van der Waals surface area contributed by atoms with Crippen LogP contribution >= 0.6 is 11.6 Å². The summed E-state index contributed by atoms with van der Waals surface area (Å²) in [6, 6.07) is 7.86. The number of carbonyl (C=O) groups is 2. The van der Waals surface area contributed by atoms with E-state index in [4.69, 9.17) is 11.6 Å². The molecule has 0 aliphatic rings. The van der Waals surface area contributed by atoms with Crippen LogP contribution in [0.5, 0.6) is 0 Å². The minimum atomic E-state index is -0.457. The van der Waals surface area contributed by atoms with E-state index in [0.717, 1.165) is 0 Å². The molecule has 0 saturated carbocycles. The Balaban J connectivity index is 2.23. The molecule has 5 nitrogen and oxygen atoms in total. The van der Waals surface area contributed by atoms with E-state index >= 15 is 0 Å². The van der Waals surface area contributed by atoms with Crippen LogP contribution in [-0.4, -0.2) is 16.7 Å². The molecule has 0 aliphatic carbocycles. The highest BCUT2D eigenvalue weighted by Gasteiger charge is 2.09. The highest BCUT2D eigenvalue weighted by Crippen LogP contribution is 2.13. The van der Waals surface area contributed by atoms with E-state index in [2.05, 4.69) is 10.3 Å². The maximum absolute atomic E-state index is 12.0. The maximum atomic E-state index is 12.0. The second-order valence-electron chi connectivity index (χ2n) is 4.16. The summed E-state index contributed by atoms with van der Waals surface area (Å²) in [6.07, 6.45) is 1.28. The molecule has 1 aromatic carbocycles. The van der Waals surface area contributed by atoms with Crippen molar-refractivity contribution < 1.29 is 9.59 Å². The Hall–Kier alpha value is -2.40. The molecule has 2 rings (SSSR count). The average molecular weight is 291 g/mol. The lowest BCUT2D eigenvalue weighted by atomic mass is 10.1. The van der Waals surface area contributed by atoms with Crippen LogP contribution in [0, 0.1) is 0 Å². The molecule has 0 spiro atoms. The predicted octanol–water partition coefficient (Wildman–Crippen LogP) is 2.48. The first-order chi connectivity index (χ1) is 9.47. The quantitative estimate of drug-likeness (QED) is 0.852. The second kappa shape index (κ2) is 5.71. The van der Waals surface area contributed by atoms with Crippen molar-refractivity contribution in [3.63, 3.8) is 0 Å². The minimum Gasteiger partial charge on any atom is -0.327 e. The highest BCUT2D eigenvalue weighted by atomic mass is 35.5. The molecule has 0 unspecified atom stereocenters. The number of benzene rings is 1. The van der Waals surface area contributed by atoms with Gasteiger partial charge in [-0.25, -0.2) is 0 Å². The monoisotopic (exact) mass is 290 g/mol. The summed E-state index contributed by atoms with van der Waals surface area (Å²) in [7, 11) is 0. The molecular formula is C14H11ClN2O3. The third-order valence-corrected chi connectivity index (χ3v) is 2.93. The first-order valence-electron chi connectivity index (χ1n) is 5.78. The molecule has 20 heavy (non-hydrogen) atoms. The Bertz CT molecular complexity index is 737. The van der Waals surface area contributed by atoms with Gasteiger partial charge in [-0.05, 0) is 25.1 Å². The van der Waals surface area contributed by atoms with Crippen LogP contribution in [0.2, 0.25) is 5.02 Å². The van der Waals surface area contributed by atoms with Gasteiger partial charge in [-0.3, -0.25) is 14.4 Å².